The van der Waals surface area contributed by atoms with Crippen LogP contribution in [0.3, 0.4) is 0 Å². The van der Waals surface area contributed by atoms with E-state index in [2.05, 4.69) is 0 Å². The van der Waals surface area contributed by atoms with Crippen molar-refractivity contribution in [3.63, 3.8) is 0 Å². The Morgan fingerprint density at radius 2 is 0.282 bits per heavy atom. The van der Waals surface area contributed by atoms with Crippen LogP contribution in [-0.2, 0) is 152 Å². The van der Waals surface area contributed by atoms with E-state index >= 15 is 0 Å². The van der Waals surface area contributed by atoms with Crippen LogP contribution in [0.4, 0.5) is 0 Å². The van der Waals surface area contributed by atoms with Gasteiger partial charge in [0.25, 0.3) is 0 Å². The molecule has 8 aliphatic rings. The smallest absolute Gasteiger partial charge is 0.854 e. The fourth-order valence-corrected chi connectivity index (χ4v) is 47.2. The number of hydrogen-bond donors (Lipinski definition) is 0. The second-order valence-electron chi connectivity index (χ2n) is 21.3. The van der Waals surface area contributed by atoms with Crippen molar-refractivity contribution < 1.29 is 102 Å². The standard InChI is InChI=1S/4C12H22O2PS2.3Mo/c4*13-15(14,16)17(11-7-3-1-4-8-11)12-9-5-2-6-10-12;;;/h4*11-12H,1-10H2;;;/q4*-3;3*+4. The summed E-state index contributed by atoms with van der Waals surface area (Å²) in [7, 11) is -2.00. The molecule has 414 valence electrons. The molecule has 0 aromatic carbocycles. The summed E-state index contributed by atoms with van der Waals surface area (Å²) in [6, 6.07) is 0. The molecule has 0 aromatic heterocycles. The summed E-state index contributed by atoms with van der Waals surface area (Å²) in [5.74, 6) is 0. The summed E-state index contributed by atoms with van der Waals surface area (Å²) < 4.78 is 0. The van der Waals surface area contributed by atoms with Crippen LogP contribution in [0.5, 0.6) is 0 Å². The Balaban J connectivity index is 0.000000320. The van der Waals surface area contributed by atoms with Gasteiger partial charge in [-0.15, -0.1) is 0 Å². The van der Waals surface area contributed by atoms with Gasteiger partial charge < -0.3 is 111 Å². The maximum atomic E-state index is 12.0. The average molecular weight is 1460 g/mol. The van der Waals surface area contributed by atoms with E-state index in [0.717, 1.165) is 103 Å². The van der Waals surface area contributed by atoms with Gasteiger partial charge in [0.05, 0.1) is 0 Å². The van der Waals surface area contributed by atoms with Gasteiger partial charge in [-0.3, -0.25) is 0 Å². The first-order valence-electron chi connectivity index (χ1n) is 27.3. The zero-order valence-corrected chi connectivity index (χ0v) is 58.6. The minimum Gasteiger partial charge on any atom is -0.854 e. The zero-order valence-electron chi connectivity index (χ0n) is 42.4. The molecule has 23 heteroatoms. The molecule has 8 saturated carbocycles. The Kier molecular flexibility index (Phi) is 39.5. The van der Waals surface area contributed by atoms with Gasteiger partial charge in [0.1, 0.15) is 0 Å². The van der Waals surface area contributed by atoms with Crippen molar-refractivity contribution in [1.29, 1.82) is 0 Å². The van der Waals surface area contributed by atoms with Gasteiger partial charge in [-0.2, -0.15) is 0 Å². The molecule has 0 atom stereocenters. The molecule has 0 radical (unpaired) electrons. The van der Waals surface area contributed by atoms with Gasteiger partial charge in [0, 0.05) is 0 Å². The molecule has 0 N–H and O–H groups in total. The third-order valence-electron chi connectivity index (χ3n) is 16.2. The molecule has 0 aliphatic heterocycles. The van der Waals surface area contributed by atoms with Crippen LogP contribution in [0, 0.1) is 0 Å². The quantitative estimate of drug-likeness (QED) is 0.128. The van der Waals surface area contributed by atoms with E-state index in [1.165, 1.54) is 154 Å². The number of rotatable bonds is 8. The SMILES string of the molecule is [Mo+4].[Mo+4].[Mo+4].[O-]P([O-])([S-])=S(C1CCCCC1)C1CCCCC1.[O-]P([O-])([S-])=S(C1CCCCC1)C1CCCCC1.[O-]P([O-])([S-])=S(C1CCCCC1)C1CCCCC1.[O-]P([O-])([S-])=S(C1CCCCC1)C1CCCCC1. The van der Waals surface area contributed by atoms with E-state index in [0.29, 0.717) is 42.0 Å². The van der Waals surface area contributed by atoms with Gasteiger partial charge in [-0.25, -0.2) is 40.3 Å². The van der Waals surface area contributed by atoms with E-state index in [9.17, 15) is 39.1 Å². The van der Waals surface area contributed by atoms with Crippen molar-refractivity contribution in [1.82, 2.24) is 0 Å². The Morgan fingerprint density at radius 1 is 0.197 bits per heavy atom. The summed E-state index contributed by atoms with van der Waals surface area (Å²) in [6.45, 7) is 0. The normalized spacial score (nSPS) is 24.3. The Bertz CT molecular complexity index is 1360. The van der Waals surface area contributed by atoms with Crippen LogP contribution < -0.4 is 39.1 Å². The molecule has 8 aliphatic carbocycles. The molecular formula is C48H88Mo3O8P4S8. The van der Waals surface area contributed by atoms with E-state index in [4.69, 9.17) is 49.0 Å². The van der Waals surface area contributed by atoms with Gasteiger partial charge in [-0.1, -0.05) is 154 Å². The van der Waals surface area contributed by atoms with Crippen LogP contribution >= 0.6 is 22.8 Å². The molecule has 8 rings (SSSR count). The molecule has 0 spiro atoms. The predicted molar refractivity (Wildman–Crippen MR) is 302 cm³/mol. The largest absolute Gasteiger partial charge is 4.00 e. The van der Waals surface area contributed by atoms with Crippen molar-refractivity contribution in [3.05, 3.63) is 0 Å². The van der Waals surface area contributed by atoms with E-state index in [-0.39, 0.29) is 63.2 Å². The molecule has 0 unspecified atom stereocenters. The first-order chi connectivity index (χ1) is 32.4. The van der Waals surface area contributed by atoms with Crippen molar-refractivity contribution in [3.8, 4) is 0 Å². The molecule has 8 nitrogen and oxygen atoms in total. The average Bonchev–Trinajstić information content (AvgIpc) is 3.31. The van der Waals surface area contributed by atoms with Crippen molar-refractivity contribution in [2.24, 2.45) is 0 Å². The first kappa shape index (κ1) is 73.4. The Hall–Kier alpha value is 6.26. The molecule has 71 heavy (non-hydrogen) atoms. The summed E-state index contributed by atoms with van der Waals surface area (Å²) in [6.07, 6.45) is 47.1. The van der Waals surface area contributed by atoms with Crippen molar-refractivity contribution in [2.75, 3.05) is 0 Å². The third-order valence-corrected chi connectivity index (χ3v) is 47.0. The molecule has 0 bridgehead atoms. The van der Waals surface area contributed by atoms with Crippen LogP contribution in [0.25, 0.3) is 0 Å². The minimum absolute atomic E-state index is 0. The summed E-state index contributed by atoms with van der Waals surface area (Å²) in [5.41, 5.74) is -14.2. The molecule has 0 amide bonds. The van der Waals surface area contributed by atoms with Crippen molar-refractivity contribution in [2.45, 2.75) is 299 Å². The summed E-state index contributed by atoms with van der Waals surface area (Å²) in [4.78, 5) is 95.9. The maximum Gasteiger partial charge on any atom is 4.00 e. The Morgan fingerprint density at radius 3 is 0.352 bits per heavy atom. The summed E-state index contributed by atoms with van der Waals surface area (Å²) in [5, 5.41) is 3.17. The second-order valence-corrected chi connectivity index (χ2v) is 52.3. The van der Waals surface area contributed by atoms with Gasteiger partial charge >= 0.3 is 63.2 Å². The van der Waals surface area contributed by atoms with Gasteiger partial charge in [0.15, 0.2) is 0 Å². The van der Waals surface area contributed by atoms with Crippen LogP contribution in [0.1, 0.15) is 257 Å². The topological polar surface area (TPSA) is 184 Å². The first-order valence-corrected chi connectivity index (χ1v) is 45.7. The van der Waals surface area contributed by atoms with Gasteiger partial charge in [-0.05, 0) is 145 Å². The van der Waals surface area contributed by atoms with E-state index in [1.807, 2.05) is 0 Å². The summed E-state index contributed by atoms with van der Waals surface area (Å²) >= 11 is 19.5. The second kappa shape index (κ2) is 38.3. The van der Waals surface area contributed by atoms with E-state index in [1.54, 1.807) is 0 Å². The minimum atomic E-state index is -3.55. The van der Waals surface area contributed by atoms with Crippen LogP contribution in [0.15, 0.2) is 0 Å². The molecule has 0 heterocycles. The number of hydrogen-bond acceptors (Lipinski definition) is 12. The van der Waals surface area contributed by atoms with Crippen molar-refractivity contribution >= 4 is 112 Å². The predicted octanol–water partition coefficient (Wildman–Crippen LogP) is 8.85. The maximum absolute atomic E-state index is 12.0. The van der Waals surface area contributed by atoms with Crippen LogP contribution in [0.2, 0.25) is 0 Å². The molecular weight excluding hydrogens is 1370 g/mol. The zero-order chi connectivity index (χ0) is 49.2. The third kappa shape index (κ3) is 26.4. The molecule has 0 saturated heterocycles. The van der Waals surface area contributed by atoms with Gasteiger partial charge in [0.2, 0.25) is 0 Å². The van der Waals surface area contributed by atoms with Crippen LogP contribution in [-0.4, -0.2) is 42.0 Å². The van der Waals surface area contributed by atoms with E-state index < -0.39 is 63.1 Å². The molecule has 0 aromatic rings. The fraction of sp³-hybridized carbons (Fsp3) is 1.00. The monoisotopic (exact) mass is 1470 g/mol. The molecule has 8 fully saturated rings. The Labute approximate surface area is 507 Å². The fourth-order valence-electron chi connectivity index (χ4n) is 13.0.